The minimum atomic E-state index is -3.46. The van der Waals surface area contributed by atoms with Gasteiger partial charge in [0.1, 0.15) is 9.22 Å². The monoisotopic (exact) mass is 350 g/mol. The Morgan fingerprint density at radius 2 is 1.95 bits per heavy atom. The summed E-state index contributed by atoms with van der Waals surface area (Å²) in [6.45, 7) is 2.19. The fourth-order valence-electron chi connectivity index (χ4n) is 2.02. The molecule has 0 radical (unpaired) electrons. The number of nitrogens with zero attached hydrogens (tertiary/aromatic N) is 1. The van der Waals surface area contributed by atoms with E-state index in [4.69, 9.17) is 0 Å². The second-order valence-electron chi connectivity index (χ2n) is 4.71. The van der Waals surface area contributed by atoms with Gasteiger partial charge in [0.15, 0.2) is 0 Å². The minimum Gasteiger partial charge on any atom is -0.241 e. The second kappa shape index (κ2) is 6.29. The van der Waals surface area contributed by atoms with E-state index in [9.17, 15) is 8.42 Å². The van der Waals surface area contributed by atoms with Crippen LogP contribution in [-0.2, 0) is 16.6 Å². The molecule has 0 amide bonds. The summed E-state index contributed by atoms with van der Waals surface area (Å²) in [6.07, 6.45) is 0. The Hall–Kier alpha value is -1.54. The summed E-state index contributed by atoms with van der Waals surface area (Å²) in [5, 5.41) is 4.64. The zero-order chi connectivity index (χ0) is 15.6. The zero-order valence-corrected chi connectivity index (χ0v) is 14.3. The fraction of sp³-hybridized carbons (Fsp3) is 0.133. The predicted octanol–water partition coefficient (Wildman–Crippen LogP) is 3.66. The number of aromatic nitrogens is 1. The van der Waals surface area contributed by atoms with E-state index in [1.807, 2.05) is 36.6 Å². The molecular formula is C15H14N2O2S3. The van der Waals surface area contributed by atoms with Crippen LogP contribution in [0.25, 0.3) is 10.6 Å². The molecule has 0 fully saturated rings. The Bertz CT molecular complexity index is 868. The Morgan fingerprint density at radius 1 is 1.14 bits per heavy atom. The first kappa shape index (κ1) is 15.4. The van der Waals surface area contributed by atoms with Crippen molar-refractivity contribution in [3.63, 3.8) is 0 Å². The molecule has 3 rings (SSSR count). The Kier molecular flexibility index (Phi) is 4.39. The molecule has 114 valence electrons. The Labute approximate surface area is 137 Å². The fourth-order valence-corrected chi connectivity index (χ4v) is 4.92. The third-order valence-corrected chi connectivity index (χ3v) is 6.87. The predicted molar refractivity (Wildman–Crippen MR) is 90.6 cm³/mol. The van der Waals surface area contributed by atoms with Crippen LogP contribution in [0.2, 0.25) is 0 Å². The van der Waals surface area contributed by atoms with Crippen LogP contribution in [0, 0.1) is 6.92 Å². The van der Waals surface area contributed by atoms with Gasteiger partial charge in [-0.25, -0.2) is 18.1 Å². The minimum absolute atomic E-state index is 0.245. The molecule has 4 nitrogen and oxygen atoms in total. The molecule has 3 aromatic rings. The first-order chi connectivity index (χ1) is 10.6. The molecule has 0 aliphatic heterocycles. The highest BCUT2D eigenvalue weighted by Gasteiger charge is 2.16. The van der Waals surface area contributed by atoms with Crippen molar-refractivity contribution in [2.24, 2.45) is 0 Å². The molecule has 0 bridgehead atoms. The Balaban J connectivity index is 1.85. The van der Waals surface area contributed by atoms with Crippen LogP contribution in [0.15, 0.2) is 51.4 Å². The molecule has 0 aliphatic carbocycles. The van der Waals surface area contributed by atoms with Crippen LogP contribution in [-0.4, -0.2) is 13.4 Å². The summed E-state index contributed by atoms with van der Waals surface area (Å²) in [4.78, 5) is 4.48. The lowest BCUT2D eigenvalue weighted by atomic mass is 10.1. The molecular weight excluding hydrogens is 336 g/mol. The van der Waals surface area contributed by atoms with Crippen molar-refractivity contribution in [2.45, 2.75) is 17.7 Å². The number of thiophene rings is 1. The molecule has 1 N–H and O–H groups in total. The van der Waals surface area contributed by atoms with Gasteiger partial charge in [-0.15, -0.1) is 22.7 Å². The molecule has 0 unspecified atom stereocenters. The SMILES string of the molecule is Cc1csc(-c2ccccc2CNS(=O)(=O)c2cccs2)n1. The number of benzene rings is 1. The van der Waals surface area contributed by atoms with E-state index < -0.39 is 10.0 Å². The number of rotatable bonds is 5. The molecule has 0 aliphatic rings. The number of hydrogen-bond acceptors (Lipinski definition) is 5. The summed E-state index contributed by atoms with van der Waals surface area (Å²) in [6, 6.07) is 11.0. The molecule has 0 spiro atoms. The van der Waals surface area contributed by atoms with Crippen molar-refractivity contribution in [3.05, 3.63) is 58.4 Å². The summed E-state index contributed by atoms with van der Waals surface area (Å²) in [7, 11) is -3.46. The normalized spacial score (nSPS) is 11.7. The summed E-state index contributed by atoms with van der Waals surface area (Å²) < 4.78 is 27.4. The average Bonchev–Trinajstić information content (AvgIpc) is 3.17. The van der Waals surface area contributed by atoms with Crippen LogP contribution in [0.1, 0.15) is 11.3 Å². The van der Waals surface area contributed by atoms with Crippen molar-refractivity contribution in [3.8, 4) is 10.6 Å². The lowest BCUT2D eigenvalue weighted by Gasteiger charge is -2.08. The van der Waals surface area contributed by atoms with E-state index in [1.165, 1.54) is 11.3 Å². The van der Waals surface area contributed by atoms with E-state index in [0.717, 1.165) is 21.8 Å². The molecule has 0 atom stereocenters. The maximum absolute atomic E-state index is 12.2. The van der Waals surface area contributed by atoms with Crippen LogP contribution in [0.4, 0.5) is 0 Å². The highest BCUT2D eigenvalue weighted by atomic mass is 32.2. The maximum Gasteiger partial charge on any atom is 0.250 e. The van der Waals surface area contributed by atoms with Crippen LogP contribution < -0.4 is 4.72 Å². The Morgan fingerprint density at radius 3 is 2.64 bits per heavy atom. The third-order valence-electron chi connectivity index (χ3n) is 3.08. The molecule has 2 aromatic heterocycles. The first-order valence-electron chi connectivity index (χ1n) is 6.60. The van der Waals surface area contributed by atoms with Crippen molar-refractivity contribution in [2.75, 3.05) is 0 Å². The average molecular weight is 350 g/mol. The van der Waals surface area contributed by atoms with Crippen molar-refractivity contribution in [1.29, 1.82) is 0 Å². The molecule has 0 saturated carbocycles. The lowest BCUT2D eigenvalue weighted by molar-refractivity contribution is 0.583. The third kappa shape index (κ3) is 3.27. The van der Waals surface area contributed by atoms with Crippen LogP contribution in [0.5, 0.6) is 0 Å². The van der Waals surface area contributed by atoms with E-state index in [2.05, 4.69) is 9.71 Å². The number of sulfonamides is 1. The molecule has 7 heteroatoms. The molecule has 1 aromatic carbocycles. The van der Waals surface area contributed by atoms with Gasteiger partial charge in [-0.05, 0) is 23.9 Å². The van der Waals surface area contributed by atoms with E-state index in [0.29, 0.717) is 4.21 Å². The van der Waals surface area contributed by atoms with Crippen LogP contribution in [0.3, 0.4) is 0 Å². The number of thiazole rings is 1. The largest absolute Gasteiger partial charge is 0.250 e. The second-order valence-corrected chi connectivity index (χ2v) is 8.51. The number of aryl methyl sites for hydroxylation is 1. The van der Waals surface area contributed by atoms with Crippen molar-refractivity contribution in [1.82, 2.24) is 9.71 Å². The molecule has 22 heavy (non-hydrogen) atoms. The summed E-state index contributed by atoms with van der Waals surface area (Å²) >= 11 is 2.77. The van der Waals surface area contributed by atoms with Gasteiger partial charge in [0, 0.05) is 23.2 Å². The van der Waals surface area contributed by atoms with E-state index in [1.54, 1.807) is 28.8 Å². The van der Waals surface area contributed by atoms with Gasteiger partial charge >= 0.3 is 0 Å². The summed E-state index contributed by atoms with van der Waals surface area (Å²) in [5.41, 5.74) is 2.85. The molecule has 2 heterocycles. The standard InChI is InChI=1S/C15H14N2O2S3/c1-11-10-21-15(17-11)13-6-3-2-5-12(13)9-16-22(18,19)14-7-4-8-20-14/h2-8,10,16H,9H2,1H3. The van der Waals surface area contributed by atoms with Crippen molar-refractivity contribution >= 4 is 32.7 Å². The topological polar surface area (TPSA) is 59.1 Å². The van der Waals surface area contributed by atoms with Gasteiger partial charge in [-0.3, -0.25) is 0 Å². The molecule has 0 saturated heterocycles. The number of nitrogens with one attached hydrogen (secondary N) is 1. The summed E-state index contributed by atoms with van der Waals surface area (Å²) in [5.74, 6) is 0. The van der Waals surface area contributed by atoms with Gasteiger partial charge in [-0.2, -0.15) is 0 Å². The van der Waals surface area contributed by atoms with Gasteiger partial charge in [0.05, 0.1) is 0 Å². The first-order valence-corrected chi connectivity index (χ1v) is 9.84. The van der Waals surface area contributed by atoms with Gasteiger partial charge < -0.3 is 0 Å². The van der Waals surface area contributed by atoms with Gasteiger partial charge in [0.25, 0.3) is 0 Å². The quantitative estimate of drug-likeness (QED) is 0.764. The highest BCUT2D eigenvalue weighted by molar-refractivity contribution is 7.91. The zero-order valence-electron chi connectivity index (χ0n) is 11.8. The van der Waals surface area contributed by atoms with Crippen LogP contribution >= 0.6 is 22.7 Å². The smallest absolute Gasteiger partial charge is 0.241 e. The highest BCUT2D eigenvalue weighted by Crippen LogP contribution is 2.27. The van der Waals surface area contributed by atoms with Gasteiger partial charge in [-0.1, -0.05) is 30.3 Å². The van der Waals surface area contributed by atoms with Crippen molar-refractivity contribution < 1.29 is 8.42 Å². The van der Waals surface area contributed by atoms with E-state index >= 15 is 0 Å². The lowest BCUT2D eigenvalue weighted by Crippen LogP contribution is -2.22. The van der Waals surface area contributed by atoms with E-state index in [-0.39, 0.29) is 6.54 Å². The van der Waals surface area contributed by atoms with Gasteiger partial charge in [0.2, 0.25) is 10.0 Å². The maximum atomic E-state index is 12.2. The number of hydrogen-bond donors (Lipinski definition) is 1.